The van der Waals surface area contributed by atoms with E-state index in [1.165, 1.54) is 0 Å². The topological polar surface area (TPSA) is 66.9 Å². The number of anilines is 1. The van der Waals surface area contributed by atoms with Crippen LogP contribution < -0.4 is 10.6 Å². The summed E-state index contributed by atoms with van der Waals surface area (Å²) < 4.78 is 0. The van der Waals surface area contributed by atoms with E-state index in [2.05, 4.69) is 20.6 Å². The zero-order valence-electron chi connectivity index (χ0n) is 11.8. The van der Waals surface area contributed by atoms with Gasteiger partial charge in [0.05, 0.1) is 11.6 Å². The van der Waals surface area contributed by atoms with Gasteiger partial charge in [0.2, 0.25) is 0 Å². The molecule has 20 heavy (non-hydrogen) atoms. The lowest BCUT2D eigenvalue weighted by molar-refractivity contribution is 0.0963. The Bertz CT molecular complexity index is 595. The second kappa shape index (κ2) is 6.14. The number of nitrogens with one attached hydrogen (secondary N) is 2. The van der Waals surface area contributed by atoms with Crippen LogP contribution in [-0.4, -0.2) is 22.9 Å². The number of aromatic nitrogens is 2. The molecule has 0 aromatic carbocycles. The molecule has 1 amide bonds. The van der Waals surface area contributed by atoms with Gasteiger partial charge in [-0.1, -0.05) is 6.07 Å². The molecule has 5 nitrogen and oxygen atoms in total. The number of aryl methyl sites for hydroxylation is 1. The van der Waals surface area contributed by atoms with Gasteiger partial charge >= 0.3 is 0 Å². The number of pyridine rings is 2. The van der Waals surface area contributed by atoms with E-state index in [1.807, 2.05) is 32.2 Å². The molecule has 0 aliphatic heterocycles. The normalized spacial score (nSPS) is 11.8. The summed E-state index contributed by atoms with van der Waals surface area (Å²) >= 11 is 0. The van der Waals surface area contributed by atoms with Crippen LogP contribution in [0.4, 0.5) is 5.82 Å². The summed E-state index contributed by atoms with van der Waals surface area (Å²) in [4.78, 5) is 20.3. The fourth-order valence-electron chi connectivity index (χ4n) is 1.86. The third-order valence-corrected chi connectivity index (χ3v) is 3.07. The Morgan fingerprint density at radius 2 is 2.05 bits per heavy atom. The Kier molecular flexibility index (Phi) is 4.30. The fourth-order valence-corrected chi connectivity index (χ4v) is 1.86. The number of amides is 1. The molecule has 2 rings (SSSR count). The summed E-state index contributed by atoms with van der Waals surface area (Å²) in [6.45, 7) is 3.96. The Morgan fingerprint density at radius 3 is 2.70 bits per heavy atom. The maximum Gasteiger partial charge on any atom is 0.254 e. The van der Waals surface area contributed by atoms with Gasteiger partial charge in [0.15, 0.2) is 0 Å². The molecule has 1 unspecified atom stereocenters. The highest BCUT2D eigenvalue weighted by Gasteiger charge is 2.13. The molecule has 2 heterocycles. The Balaban J connectivity index is 2.21. The SMILES string of the molecule is CNC(=O)c1cccnc1NC(C)c1ccc(C)nc1. The van der Waals surface area contributed by atoms with E-state index in [0.29, 0.717) is 11.4 Å². The average Bonchev–Trinajstić information content (AvgIpc) is 2.47. The zero-order valence-corrected chi connectivity index (χ0v) is 11.8. The van der Waals surface area contributed by atoms with Crippen molar-refractivity contribution < 1.29 is 4.79 Å². The summed E-state index contributed by atoms with van der Waals surface area (Å²) in [6.07, 6.45) is 3.49. The van der Waals surface area contributed by atoms with Crippen molar-refractivity contribution in [1.82, 2.24) is 15.3 Å². The van der Waals surface area contributed by atoms with Gasteiger partial charge in [-0.15, -0.1) is 0 Å². The molecule has 0 aliphatic rings. The molecule has 104 valence electrons. The quantitative estimate of drug-likeness (QED) is 0.894. The molecule has 2 N–H and O–H groups in total. The smallest absolute Gasteiger partial charge is 0.254 e. The van der Waals surface area contributed by atoms with Crippen molar-refractivity contribution in [1.29, 1.82) is 0 Å². The lowest BCUT2D eigenvalue weighted by atomic mass is 10.1. The third kappa shape index (κ3) is 3.12. The first-order chi connectivity index (χ1) is 9.61. The van der Waals surface area contributed by atoms with Gasteiger partial charge in [0.1, 0.15) is 5.82 Å². The number of hydrogen-bond donors (Lipinski definition) is 2. The van der Waals surface area contributed by atoms with Crippen LogP contribution in [0.2, 0.25) is 0 Å². The molecule has 0 saturated carbocycles. The molecule has 2 aromatic rings. The van der Waals surface area contributed by atoms with E-state index in [9.17, 15) is 4.79 Å². The summed E-state index contributed by atoms with van der Waals surface area (Å²) in [5.41, 5.74) is 2.55. The fraction of sp³-hybridized carbons (Fsp3) is 0.267. The van der Waals surface area contributed by atoms with Crippen molar-refractivity contribution >= 4 is 11.7 Å². The molecule has 0 bridgehead atoms. The predicted molar refractivity (Wildman–Crippen MR) is 78.6 cm³/mol. The number of carbonyl (C=O) groups is 1. The van der Waals surface area contributed by atoms with Crippen LogP contribution in [-0.2, 0) is 0 Å². The van der Waals surface area contributed by atoms with Crippen LogP contribution in [0.5, 0.6) is 0 Å². The van der Waals surface area contributed by atoms with E-state index < -0.39 is 0 Å². The molecular weight excluding hydrogens is 252 g/mol. The minimum Gasteiger partial charge on any atom is -0.363 e. The largest absolute Gasteiger partial charge is 0.363 e. The monoisotopic (exact) mass is 270 g/mol. The van der Waals surface area contributed by atoms with Gasteiger partial charge in [-0.05, 0) is 37.6 Å². The lowest BCUT2D eigenvalue weighted by Gasteiger charge is -2.16. The van der Waals surface area contributed by atoms with Crippen LogP contribution >= 0.6 is 0 Å². The van der Waals surface area contributed by atoms with Crippen molar-refractivity contribution in [3.8, 4) is 0 Å². The van der Waals surface area contributed by atoms with Crippen molar-refractivity contribution in [2.75, 3.05) is 12.4 Å². The third-order valence-electron chi connectivity index (χ3n) is 3.07. The van der Waals surface area contributed by atoms with Gasteiger partial charge in [0.25, 0.3) is 5.91 Å². The molecule has 5 heteroatoms. The summed E-state index contributed by atoms with van der Waals surface area (Å²) in [5.74, 6) is 0.412. The highest BCUT2D eigenvalue weighted by molar-refractivity contribution is 5.98. The van der Waals surface area contributed by atoms with Gasteiger partial charge in [0, 0.05) is 25.1 Å². The highest BCUT2D eigenvalue weighted by Crippen LogP contribution is 2.20. The standard InChI is InChI=1S/C15H18N4O/c1-10-6-7-12(9-18-10)11(2)19-14-13(15(20)16-3)5-4-8-17-14/h4-9,11H,1-3H3,(H,16,20)(H,17,19). The van der Waals surface area contributed by atoms with Crippen LogP contribution in [0.25, 0.3) is 0 Å². The van der Waals surface area contributed by atoms with Crippen molar-refractivity contribution in [3.05, 3.63) is 53.5 Å². The maximum absolute atomic E-state index is 11.8. The lowest BCUT2D eigenvalue weighted by Crippen LogP contribution is -2.21. The Labute approximate surface area is 118 Å². The minimum absolute atomic E-state index is 0.0152. The van der Waals surface area contributed by atoms with Crippen molar-refractivity contribution in [2.45, 2.75) is 19.9 Å². The van der Waals surface area contributed by atoms with Crippen LogP contribution in [0.1, 0.15) is 34.6 Å². The zero-order chi connectivity index (χ0) is 14.5. The first-order valence-corrected chi connectivity index (χ1v) is 6.48. The molecule has 0 fully saturated rings. The van der Waals surface area contributed by atoms with Gasteiger partial charge in [-0.3, -0.25) is 9.78 Å². The highest BCUT2D eigenvalue weighted by atomic mass is 16.1. The molecule has 0 spiro atoms. The van der Waals surface area contributed by atoms with Gasteiger partial charge in [-0.2, -0.15) is 0 Å². The van der Waals surface area contributed by atoms with E-state index >= 15 is 0 Å². The molecule has 2 aromatic heterocycles. The summed E-state index contributed by atoms with van der Waals surface area (Å²) in [5, 5.41) is 5.86. The van der Waals surface area contributed by atoms with Gasteiger partial charge in [-0.25, -0.2) is 4.98 Å². The maximum atomic E-state index is 11.8. The first kappa shape index (κ1) is 14.0. The van der Waals surface area contributed by atoms with Crippen LogP contribution in [0.15, 0.2) is 36.7 Å². The first-order valence-electron chi connectivity index (χ1n) is 6.48. The predicted octanol–water partition coefficient (Wildman–Crippen LogP) is 2.32. The van der Waals surface area contributed by atoms with Crippen LogP contribution in [0.3, 0.4) is 0 Å². The van der Waals surface area contributed by atoms with E-state index in [4.69, 9.17) is 0 Å². The number of nitrogens with zero attached hydrogens (tertiary/aromatic N) is 2. The van der Waals surface area contributed by atoms with Crippen molar-refractivity contribution in [2.24, 2.45) is 0 Å². The molecule has 0 saturated heterocycles. The second-order valence-electron chi connectivity index (χ2n) is 4.58. The van der Waals surface area contributed by atoms with E-state index in [0.717, 1.165) is 11.3 Å². The molecule has 1 atom stereocenters. The number of carbonyl (C=O) groups excluding carboxylic acids is 1. The Morgan fingerprint density at radius 1 is 1.25 bits per heavy atom. The van der Waals surface area contributed by atoms with E-state index in [1.54, 1.807) is 25.4 Å². The molecular formula is C15H18N4O. The van der Waals surface area contributed by atoms with E-state index in [-0.39, 0.29) is 11.9 Å². The minimum atomic E-state index is -0.158. The van der Waals surface area contributed by atoms with Crippen molar-refractivity contribution in [3.63, 3.8) is 0 Å². The number of hydrogen-bond acceptors (Lipinski definition) is 4. The molecule has 0 aliphatic carbocycles. The average molecular weight is 270 g/mol. The Hall–Kier alpha value is -2.43. The molecule has 0 radical (unpaired) electrons. The number of rotatable bonds is 4. The summed E-state index contributed by atoms with van der Waals surface area (Å²) in [6, 6.07) is 7.48. The summed E-state index contributed by atoms with van der Waals surface area (Å²) in [7, 11) is 1.60. The van der Waals surface area contributed by atoms with Gasteiger partial charge < -0.3 is 10.6 Å². The second-order valence-corrected chi connectivity index (χ2v) is 4.58. The van der Waals surface area contributed by atoms with Crippen LogP contribution in [0, 0.1) is 6.92 Å².